The number of likely N-dealkylation sites (tertiary alicyclic amines) is 1. The second kappa shape index (κ2) is 6.69. The highest BCUT2D eigenvalue weighted by Crippen LogP contribution is 2.34. The van der Waals surface area contributed by atoms with E-state index < -0.39 is 5.60 Å². The third-order valence-corrected chi connectivity index (χ3v) is 4.05. The number of ether oxygens (including phenoxy) is 1. The lowest BCUT2D eigenvalue weighted by atomic mass is 9.90. The van der Waals surface area contributed by atoms with Crippen molar-refractivity contribution in [3.63, 3.8) is 0 Å². The van der Waals surface area contributed by atoms with Gasteiger partial charge in [0.15, 0.2) is 0 Å². The van der Waals surface area contributed by atoms with Gasteiger partial charge in [0.05, 0.1) is 6.04 Å². The van der Waals surface area contributed by atoms with Gasteiger partial charge in [0.25, 0.3) is 0 Å². The number of amides is 1. The van der Waals surface area contributed by atoms with Crippen molar-refractivity contribution in [2.24, 2.45) is 11.7 Å². The number of hydrogen-bond acceptors (Lipinski definition) is 3. The van der Waals surface area contributed by atoms with Crippen molar-refractivity contribution in [3.8, 4) is 0 Å². The van der Waals surface area contributed by atoms with Crippen LogP contribution in [0.15, 0.2) is 24.3 Å². The van der Waals surface area contributed by atoms with Crippen LogP contribution in [0.5, 0.6) is 0 Å². The lowest BCUT2D eigenvalue weighted by Crippen LogP contribution is -2.44. The molecule has 1 aromatic carbocycles. The first-order valence-electron chi connectivity index (χ1n) is 8.08. The highest BCUT2D eigenvalue weighted by atomic mass is 16.6. The fourth-order valence-electron chi connectivity index (χ4n) is 2.90. The van der Waals surface area contributed by atoms with Gasteiger partial charge >= 0.3 is 6.09 Å². The molecule has 0 radical (unpaired) electrons. The summed E-state index contributed by atoms with van der Waals surface area (Å²) in [6.07, 6.45) is 1.89. The third-order valence-electron chi connectivity index (χ3n) is 4.05. The Hall–Kier alpha value is -1.55. The summed E-state index contributed by atoms with van der Waals surface area (Å²) < 4.78 is 5.59. The molecule has 4 heteroatoms. The Morgan fingerprint density at radius 1 is 1.27 bits per heavy atom. The topological polar surface area (TPSA) is 55.6 Å². The van der Waals surface area contributed by atoms with E-state index in [0.717, 1.165) is 30.5 Å². The summed E-state index contributed by atoms with van der Waals surface area (Å²) in [5.74, 6) is 0.507. The molecule has 1 heterocycles. The van der Waals surface area contributed by atoms with E-state index in [1.165, 1.54) is 0 Å². The second-order valence-corrected chi connectivity index (χ2v) is 7.28. The van der Waals surface area contributed by atoms with Gasteiger partial charge in [-0.1, -0.05) is 31.2 Å². The van der Waals surface area contributed by atoms with Gasteiger partial charge < -0.3 is 15.4 Å². The van der Waals surface area contributed by atoms with E-state index in [0.29, 0.717) is 12.5 Å². The van der Waals surface area contributed by atoms with E-state index in [4.69, 9.17) is 10.5 Å². The van der Waals surface area contributed by atoms with E-state index in [9.17, 15) is 4.79 Å². The van der Waals surface area contributed by atoms with Crippen LogP contribution < -0.4 is 5.73 Å². The Morgan fingerprint density at radius 3 is 2.45 bits per heavy atom. The molecule has 4 nitrogen and oxygen atoms in total. The molecule has 0 aliphatic carbocycles. The predicted octanol–water partition coefficient (Wildman–Crippen LogP) is 3.85. The van der Waals surface area contributed by atoms with E-state index in [1.807, 2.05) is 37.8 Å². The van der Waals surface area contributed by atoms with Crippen LogP contribution in [0.1, 0.15) is 57.7 Å². The van der Waals surface area contributed by atoms with Crippen LogP contribution in [-0.4, -0.2) is 23.1 Å². The Kier molecular flexibility index (Phi) is 5.12. The first-order chi connectivity index (χ1) is 10.3. The molecule has 0 saturated carbocycles. The number of benzene rings is 1. The molecule has 122 valence electrons. The van der Waals surface area contributed by atoms with Crippen molar-refractivity contribution in [3.05, 3.63) is 35.4 Å². The summed E-state index contributed by atoms with van der Waals surface area (Å²) in [5, 5.41) is 0. The lowest BCUT2D eigenvalue weighted by Gasteiger charge is -2.39. The zero-order valence-corrected chi connectivity index (χ0v) is 14.1. The Bertz CT molecular complexity index is 505. The zero-order chi connectivity index (χ0) is 16.3. The Labute approximate surface area is 133 Å². The smallest absolute Gasteiger partial charge is 0.410 e. The monoisotopic (exact) mass is 304 g/mol. The number of rotatable bonds is 2. The molecule has 2 rings (SSSR count). The van der Waals surface area contributed by atoms with Crippen molar-refractivity contribution in [1.29, 1.82) is 0 Å². The van der Waals surface area contributed by atoms with Crippen LogP contribution in [0.25, 0.3) is 0 Å². The van der Waals surface area contributed by atoms with Gasteiger partial charge in [0.2, 0.25) is 0 Å². The molecule has 2 atom stereocenters. The molecule has 2 N–H and O–H groups in total. The number of carbonyl (C=O) groups excluding carboxylic acids is 1. The summed E-state index contributed by atoms with van der Waals surface area (Å²) in [6.45, 7) is 9.19. The molecule has 0 aromatic heterocycles. The third kappa shape index (κ3) is 4.23. The van der Waals surface area contributed by atoms with E-state index in [-0.39, 0.29) is 12.1 Å². The van der Waals surface area contributed by atoms with Gasteiger partial charge in [0.1, 0.15) is 5.60 Å². The number of hydrogen-bond donors (Lipinski definition) is 1. The maximum atomic E-state index is 12.5. The van der Waals surface area contributed by atoms with Gasteiger partial charge in [-0.2, -0.15) is 0 Å². The van der Waals surface area contributed by atoms with Crippen LogP contribution >= 0.6 is 0 Å². The predicted molar refractivity (Wildman–Crippen MR) is 88.4 cm³/mol. The average Bonchev–Trinajstić information content (AvgIpc) is 2.45. The van der Waals surface area contributed by atoms with Gasteiger partial charge in [-0.25, -0.2) is 4.79 Å². The number of carbonyl (C=O) groups is 1. The van der Waals surface area contributed by atoms with Crippen LogP contribution in [0.2, 0.25) is 0 Å². The standard InChI is InChI=1S/C18H28N2O2/c1-13-5-10-16(15-8-6-14(11-19)7-9-15)20(12-13)17(21)22-18(2,3)4/h6-9,13,16H,5,10-12,19H2,1-4H3/t13-,16+/m0/s1. The fourth-order valence-corrected chi connectivity index (χ4v) is 2.90. The first-order valence-corrected chi connectivity index (χ1v) is 8.08. The van der Waals surface area contributed by atoms with Gasteiger partial charge in [-0.3, -0.25) is 0 Å². The van der Waals surface area contributed by atoms with Crippen molar-refractivity contribution in [2.45, 2.75) is 58.7 Å². The molecule has 1 amide bonds. The number of nitrogens with two attached hydrogens (primary N) is 1. The van der Waals surface area contributed by atoms with Gasteiger partial charge in [0, 0.05) is 13.1 Å². The maximum Gasteiger partial charge on any atom is 0.410 e. The quantitative estimate of drug-likeness (QED) is 0.902. The molecule has 0 spiro atoms. The summed E-state index contributed by atoms with van der Waals surface area (Å²) in [5.41, 5.74) is 7.46. The maximum absolute atomic E-state index is 12.5. The van der Waals surface area contributed by atoms with Crippen molar-refractivity contribution in [2.75, 3.05) is 6.54 Å². The molecular weight excluding hydrogens is 276 g/mol. The van der Waals surface area contributed by atoms with Crippen molar-refractivity contribution < 1.29 is 9.53 Å². The summed E-state index contributed by atoms with van der Waals surface area (Å²) in [4.78, 5) is 14.4. The molecule has 1 aliphatic rings. The molecule has 0 unspecified atom stereocenters. The minimum absolute atomic E-state index is 0.0953. The van der Waals surface area contributed by atoms with Crippen LogP contribution in [0.4, 0.5) is 4.79 Å². The van der Waals surface area contributed by atoms with Gasteiger partial charge in [-0.05, 0) is 50.7 Å². The molecule has 0 bridgehead atoms. The molecule has 1 saturated heterocycles. The molecule has 1 aliphatic heterocycles. The molecular formula is C18H28N2O2. The van der Waals surface area contributed by atoms with Crippen molar-refractivity contribution >= 4 is 6.09 Å². The largest absolute Gasteiger partial charge is 0.444 e. The second-order valence-electron chi connectivity index (χ2n) is 7.28. The highest BCUT2D eigenvalue weighted by molar-refractivity contribution is 5.69. The highest BCUT2D eigenvalue weighted by Gasteiger charge is 2.33. The normalized spacial score (nSPS) is 22.5. The minimum Gasteiger partial charge on any atom is -0.444 e. The zero-order valence-electron chi connectivity index (χ0n) is 14.1. The average molecular weight is 304 g/mol. The fraction of sp³-hybridized carbons (Fsp3) is 0.611. The van der Waals surface area contributed by atoms with Crippen LogP contribution in [0.3, 0.4) is 0 Å². The summed E-state index contributed by atoms with van der Waals surface area (Å²) >= 11 is 0. The Morgan fingerprint density at radius 2 is 1.91 bits per heavy atom. The lowest BCUT2D eigenvalue weighted by molar-refractivity contribution is 0.00364. The SMILES string of the molecule is C[C@H]1CC[C@H](c2ccc(CN)cc2)N(C(=O)OC(C)(C)C)C1. The molecule has 1 fully saturated rings. The summed E-state index contributed by atoms with van der Waals surface area (Å²) in [6, 6.07) is 8.35. The van der Waals surface area contributed by atoms with E-state index in [1.54, 1.807) is 0 Å². The van der Waals surface area contributed by atoms with E-state index >= 15 is 0 Å². The van der Waals surface area contributed by atoms with Crippen LogP contribution in [0, 0.1) is 5.92 Å². The minimum atomic E-state index is -0.467. The Balaban J connectivity index is 2.20. The van der Waals surface area contributed by atoms with Crippen LogP contribution in [-0.2, 0) is 11.3 Å². The van der Waals surface area contributed by atoms with E-state index in [2.05, 4.69) is 19.1 Å². The van der Waals surface area contributed by atoms with Crippen molar-refractivity contribution in [1.82, 2.24) is 4.90 Å². The molecule has 22 heavy (non-hydrogen) atoms. The molecule has 1 aromatic rings. The number of nitrogens with zero attached hydrogens (tertiary/aromatic N) is 1. The van der Waals surface area contributed by atoms with Gasteiger partial charge in [-0.15, -0.1) is 0 Å². The first kappa shape index (κ1) is 16.8. The summed E-state index contributed by atoms with van der Waals surface area (Å²) in [7, 11) is 0. The number of piperidine rings is 1.